The molecular formula is C17H26N6O2. The van der Waals surface area contributed by atoms with Crippen LogP contribution in [-0.4, -0.2) is 49.4 Å². The van der Waals surface area contributed by atoms with Gasteiger partial charge in [0.1, 0.15) is 17.7 Å². The predicted octanol–water partition coefficient (Wildman–Crippen LogP) is 2.54. The Kier molecular flexibility index (Phi) is 4.53. The number of likely N-dealkylation sites (tertiary alicyclic amines) is 1. The SMILES string of the molecule is CCc1nn(C2CCCN(C(=O)OC(C)(C)C)C2)c2ncnc(N)c12. The summed E-state index contributed by atoms with van der Waals surface area (Å²) in [6.07, 6.45) is 3.77. The predicted molar refractivity (Wildman–Crippen MR) is 95.2 cm³/mol. The van der Waals surface area contributed by atoms with Crippen LogP contribution in [0.3, 0.4) is 0 Å². The molecule has 1 atom stereocenters. The Morgan fingerprint density at radius 1 is 1.40 bits per heavy atom. The van der Waals surface area contributed by atoms with Crippen LogP contribution in [0.25, 0.3) is 11.0 Å². The zero-order chi connectivity index (χ0) is 18.2. The number of aryl methyl sites for hydroxylation is 1. The van der Waals surface area contributed by atoms with Crippen LogP contribution in [0, 0.1) is 0 Å². The minimum Gasteiger partial charge on any atom is -0.444 e. The lowest BCUT2D eigenvalue weighted by atomic mass is 10.1. The van der Waals surface area contributed by atoms with E-state index in [4.69, 9.17) is 15.6 Å². The lowest BCUT2D eigenvalue weighted by molar-refractivity contribution is 0.0169. The van der Waals surface area contributed by atoms with Gasteiger partial charge in [0.2, 0.25) is 0 Å². The number of nitrogen functional groups attached to an aromatic ring is 1. The van der Waals surface area contributed by atoms with Gasteiger partial charge in [0.05, 0.1) is 17.1 Å². The smallest absolute Gasteiger partial charge is 0.410 e. The summed E-state index contributed by atoms with van der Waals surface area (Å²) in [6, 6.07) is 0.0540. The van der Waals surface area contributed by atoms with E-state index in [1.807, 2.05) is 32.4 Å². The average Bonchev–Trinajstić information content (AvgIpc) is 2.93. The Morgan fingerprint density at radius 2 is 2.16 bits per heavy atom. The number of anilines is 1. The maximum Gasteiger partial charge on any atom is 0.410 e. The number of nitrogens with two attached hydrogens (primary N) is 1. The largest absolute Gasteiger partial charge is 0.444 e. The first-order valence-electron chi connectivity index (χ1n) is 8.75. The Hall–Kier alpha value is -2.38. The van der Waals surface area contributed by atoms with Crippen molar-refractivity contribution < 1.29 is 9.53 Å². The minimum absolute atomic E-state index is 0.0540. The number of hydrogen-bond donors (Lipinski definition) is 1. The van der Waals surface area contributed by atoms with Crippen molar-refractivity contribution in [2.75, 3.05) is 18.8 Å². The van der Waals surface area contributed by atoms with E-state index in [0.29, 0.717) is 18.9 Å². The number of aromatic nitrogens is 4. The molecule has 1 fully saturated rings. The molecular weight excluding hydrogens is 320 g/mol. The van der Waals surface area contributed by atoms with Crippen molar-refractivity contribution in [1.82, 2.24) is 24.6 Å². The van der Waals surface area contributed by atoms with Gasteiger partial charge >= 0.3 is 6.09 Å². The zero-order valence-electron chi connectivity index (χ0n) is 15.3. The molecule has 0 radical (unpaired) electrons. The number of hydrogen-bond acceptors (Lipinski definition) is 6. The lowest BCUT2D eigenvalue weighted by Crippen LogP contribution is -2.43. The van der Waals surface area contributed by atoms with Crippen molar-refractivity contribution >= 4 is 22.9 Å². The van der Waals surface area contributed by atoms with Crippen LogP contribution in [0.5, 0.6) is 0 Å². The molecule has 3 rings (SSSR count). The van der Waals surface area contributed by atoms with Crippen molar-refractivity contribution in [3.63, 3.8) is 0 Å². The van der Waals surface area contributed by atoms with Gasteiger partial charge in [0.25, 0.3) is 0 Å². The van der Waals surface area contributed by atoms with Crippen molar-refractivity contribution in [3.05, 3.63) is 12.0 Å². The van der Waals surface area contributed by atoms with E-state index >= 15 is 0 Å². The monoisotopic (exact) mass is 346 g/mol. The molecule has 0 spiro atoms. The number of rotatable bonds is 2. The molecule has 1 amide bonds. The molecule has 2 N–H and O–H groups in total. The second-order valence-electron chi connectivity index (χ2n) is 7.42. The molecule has 136 valence electrons. The number of amides is 1. The van der Waals surface area contributed by atoms with E-state index in [0.717, 1.165) is 36.0 Å². The summed E-state index contributed by atoms with van der Waals surface area (Å²) < 4.78 is 7.41. The van der Waals surface area contributed by atoms with Gasteiger partial charge in [0.15, 0.2) is 5.65 Å². The number of carbonyl (C=O) groups is 1. The van der Waals surface area contributed by atoms with Gasteiger partial charge in [-0.3, -0.25) is 0 Å². The van der Waals surface area contributed by atoms with E-state index in [1.165, 1.54) is 6.33 Å². The van der Waals surface area contributed by atoms with Gasteiger partial charge in [-0.05, 0) is 40.0 Å². The van der Waals surface area contributed by atoms with Crippen molar-refractivity contribution in [2.45, 2.75) is 58.6 Å². The summed E-state index contributed by atoms with van der Waals surface area (Å²) in [7, 11) is 0. The summed E-state index contributed by atoms with van der Waals surface area (Å²) in [6.45, 7) is 8.91. The van der Waals surface area contributed by atoms with E-state index in [-0.39, 0.29) is 12.1 Å². The maximum atomic E-state index is 12.4. The van der Waals surface area contributed by atoms with Gasteiger partial charge < -0.3 is 15.4 Å². The Bertz CT molecular complexity index is 779. The molecule has 25 heavy (non-hydrogen) atoms. The fourth-order valence-corrected chi connectivity index (χ4v) is 3.22. The number of fused-ring (bicyclic) bond motifs is 1. The van der Waals surface area contributed by atoms with E-state index < -0.39 is 5.60 Å². The average molecular weight is 346 g/mol. The number of piperidine rings is 1. The topological polar surface area (TPSA) is 99.2 Å². The first-order valence-corrected chi connectivity index (χ1v) is 8.75. The minimum atomic E-state index is -0.501. The molecule has 0 saturated carbocycles. The highest BCUT2D eigenvalue weighted by molar-refractivity contribution is 5.88. The molecule has 1 aliphatic heterocycles. The molecule has 2 aromatic heterocycles. The summed E-state index contributed by atoms with van der Waals surface area (Å²) in [5.74, 6) is 0.452. The highest BCUT2D eigenvalue weighted by Gasteiger charge is 2.30. The fraction of sp³-hybridized carbons (Fsp3) is 0.647. The number of carbonyl (C=O) groups excluding carboxylic acids is 1. The van der Waals surface area contributed by atoms with Crippen LogP contribution in [0.15, 0.2) is 6.33 Å². The Morgan fingerprint density at radius 3 is 2.84 bits per heavy atom. The first kappa shape index (κ1) is 17.4. The molecule has 1 saturated heterocycles. The van der Waals surface area contributed by atoms with Crippen molar-refractivity contribution in [2.24, 2.45) is 0 Å². The van der Waals surface area contributed by atoms with Crippen molar-refractivity contribution in [3.8, 4) is 0 Å². The van der Waals surface area contributed by atoms with E-state index in [9.17, 15) is 4.79 Å². The second kappa shape index (κ2) is 6.50. The molecule has 8 heteroatoms. The van der Waals surface area contributed by atoms with Crippen molar-refractivity contribution in [1.29, 1.82) is 0 Å². The van der Waals surface area contributed by atoms with Gasteiger partial charge in [-0.25, -0.2) is 19.4 Å². The number of nitrogens with zero attached hydrogens (tertiary/aromatic N) is 5. The third-order valence-electron chi connectivity index (χ3n) is 4.32. The van der Waals surface area contributed by atoms with Crippen LogP contribution >= 0.6 is 0 Å². The third kappa shape index (κ3) is 3.52. The van der Waals surface area contributed by atoms with Crippen LogP contribution in [0.1, 0.15) is 52.3 Å². The van der Waals surface area contributed by atoms with Gasteiger partial charge in [-0.2, -0.15) is 5.10 Å². The summed E-state index contributed by atoms with van der Waals surface area (Å²) in [5.41, 5.74) is 7.16. The molecule has 1 unspecified atom stereocenters. The summed E-state index contributed by atoms with van der Waals surface area (Å²) in [5, 5.41) is 5.53. The lowest BCUT2D eigenvalue weighted by Gasteiger charge is -2.34. The molecule has 2 aromatic rings. The normalized spacial score (nSPS) is 18.6. The quantitative estimate of drug-likeness (QED) is 0.897. The molecule has 0 aromatic carbocycles. The van der Waals surface area contributed by atoms with Gasteiger partial charge in [-0.1, -0.05) is 6.92 Å². The van der Waals surface area contributed by atoms with Gasteiger partial charge in [0, 0.05) is 13.1 Å². The van der Waals surface area contributed by atoms with Crippen LogP contribution in [-0.2, 0) is 11.2 Å². The number of ether oxygens (including phenoxy) is 1. The van der Waals surface area contributed by atoms with Gasteiger partial charge in [-0.15, -0.1) is 0 Å². The summed E-state index contributed by atoms with van der Waals surface area (Å²) >= 11 is 0. The van der Waals surface area contributed by atoms with Crippen LogP contribution in [0.2, 0.25) is 0 Å². The second-order valence-corrected chi connectivity index (χ2v) is 7.42. The standard InChI is InChI=1S/C17H26N6O2/c1-5-12-13-14(18)19-10-20-15(13)23(21-12)11-7-6-8-22(9-11)16(24)25-17(2,3)4/h10-11H,5-9H2,1-4H3,(H2,18,19,20). The molecule has 0 aliphatic carbocycles. The van der Waals surface area contributed by atoms with E-state index in [2.05, 4.69) is 9.97 Å². The van der Waals surface area contributed by atoms with Crippen LogP contribution < -0.4 is 5.73 Å². The molecule has 3 heterocycles. The Balaban J connectivity index is 1.88. The van der Waals surface area contributed by atoms with Crippen LogP contribution in [0.4, 0.5) is 10.6 Å². The molecule has 1 aliphatic rings. The third-order valence-corrected chi connectivity index (χ3v) is 4.32. The highest BCUT2D eigenvalue weighted by Crippen LogP contribution is 2.29. The summed E-state index contributed by atoms with van der Waals surface area (Å²) in [4.78, 5) is 22.6. The first-order chi connectivity index (χ1) is 11.8. The maximum absolute atomic E-state index is 12.4. The fourth-order valence-electron chi connectivity index (χ4n) is 3.22. The Labute approximate surface area is 147 Å². The molecule has 8 nitrogen and oxygen atoms in total. The zero-order valence-corrected chi connectivity index (χ0v) is 15.3. The molecule has 0 bridgehead atoms. The highest BCUT2D eigenvalue weighted by atomic mass is 16.6. The van der Waals surface area contributed by atoms with E-state index in [1.54, 1.807) is 4.90 Å².